The summed E-state index contributed by atoms with van der Waals surface area (Å²) >= 11 is 0. The first-order chi connectivity index (χ1) is 10.7. The number of aliphatic hydroxyl groups excluding tert-OH is 1. The topological polar surface area (TPSA) is 71.2 Å². The van der Waals surface area contributed by atoms with Crippen LogP contribution in [0.15, 0.2) is 18.2 Å². The number of hydrogen-bond acceptors (Lipinski definition) is 4. The van der Waals surface area contributed by atoms with E-state index in [1.807, 2.05) is 0 Å². The van der Waals surface area contributed by atoms with Crippen LogP contribution in [0.2, 0.25) is 0 Å². The summed E-state index contributed by atoms with van der Waals surface area (Å²) in [6.07, 6.45) is -0.550. The molecule has 1 atom stereocenters. The standard InChI is InChI=1S/C17H20N2O4/c1-17(2,3)23-16(22)19-8-13(9-19)15(21)11-5-6-12(10-20)14(7-11)18-4/h5-7,10,13,15,21H,8-9H2,1-3H3. The van der Waals surface area contributed by atoms with Crippen LogP contribution in [0.1, 0.15) is 42.8 Å². The smallest absolute Gasteiger partial charge is 0.410 e. The van der Waals surface area contributed by atoms with Crippen LogP contribution in [0.5, 0.6) is 0 Å². The fraction of sp³-hybridized carbons (Fsp3) is 0.471. The SMILES string of the molecule is [C-]#[N+]c1cc(C(O)C2CN(C(=O)OC(C)(C)C)C2)ccc1C=O. The molecule has 0 aliphatic carbocycles. The molecular weight excluding hydrogens is 296 g/mol. The molecule has 1 N–H and O–H groups in total. The number of aliphatic hydroxyl groups is 1. The highest BCUT2D eigenvalue weighted by atomic mass is 16.6. The molecule has 0 radical (unpaired) electrons. The maximum atomic E-state index is 11.9. The molecule has 23 heavy (non-hydrogen) atoms. The molecule has 6 nitrogen and oxygen atoms in total. The number of carbonyl (C=O) groups excluding carboxylic acids is 2. The maximum Gasteiger partial charge on any atom is 0.410 e. The number of hydrogen-bond donors (Lipinski definition) is 1. The molecule has 1 saturated heterocycles. The van der Waals surface area contributed by atoms with Crippen molar-refractivity contribution < 1.29 is 19.4 Å². The van der Waals surface area contributed by atoms with Gasteiger partial charge in [0.05, 0.1) is 12.7 Å². The molecule has 0 saturated carbocycles. The molecule has 0 bridgehead atoms. The van der Waals surface area contributed by atoms with Crippen LogP contribution in [0.3, 0.4) is 0 Å². The highest BCUT2D eigenvalue weighted by Gasteiger charge is 2.38. The molecule has 1 fully saturated rings. The van der Waals surface area contributed by atoms with Crippen molar-refractivity contribution in [2.45, 2.75) is 32.5 Å². The Morgan fingerprint density at radius 2 is 2.13 bits per heavy atom. The third kappa shape index (κ3) is 3.88. The van der Waals surface area contributed by atoms with Gasteiger partial charge in [0, 0.05) is 24.6 Å². The van der Waals surface area contributed by atoms with Crippen molar-refractivity contribution in [3.8, 4) is 0 Å². The minimum absolute atomic E-state index is 0.108. The highest BCUT2D eigenvalue weighted by molar-refractivity contribution is 5.84. The summed E-state index contributed by atoms with van der Waals surface area (Å²) in [5.74, 6) is -0.108. The lowest BCUT2D eigenvalue weighted by Crippen LogP contribution is -2.53. The van der Waals surface area contributed by atoms with Gasteiger partial charge in [-0.3, -0.25) is 4.79 Å². The summed E-state index contributed by atoms with van der Waals surface area (Å²) in [4.78, 5) is 27.5. The number of amides is 1. The Morgan fingerprint density at radius 3 is 2.65 bits per heavy atom. The maximum absolute atomic E-state index is 11.9. The minimum Gasteiger partial charge on any atom is -0.444 e. The van der Waals surface area contributed by atoms with Gasteiger partial charge in [-0.15, -0.1) is 0 Å². The van der Waals surface area contributed by atoms with Crippen LogP contribution in [-0.4, -0.2) is 41.1 Å². The zero-order chi connectivity index (χ0) is 17.2. The van der Waals surface area contributed by atoms with Crippen molar-refractivity contribution in [2.24, 2.45) is 5.92 Å². The first kappa shape index (κ1) is 17.0. The Bertz CT molecular complexity index is 652. The van der Waals surface area contributed by atoms with Crippen molar-refractivity contribution >= 4 is 18.1 Å². The monoisotopic (exact) mass is 316 g/mol. The second-order valence-corrected chi connectivity index (χ2v) is 6.64. The lowest BCUT2D eigenvalue weighted by Gasteiger charge is -2.42. The Labute approximate surface area is 135 Å². The van der Waals surface area contributed by atoms with Crippen LogP contribution >= 0.6 is 0 Å². The third-order valence-electron chi connectivity index (χ3n) is 3.65. The molecule has 1 aliphatic heterocycles. The lowest BCUT2D eigenvalue weighted by atomic mass is 9.89. The third-order valence-corrected chi connectivity index (χ3v) is 3.65. The lowest BCUT2D eigenvalue weighted by molar-refractivity contribution is -0.0314. The first-order valence-electron chi connectivity index (χ1n) is 7.37. The zero-order valence-corrected chi connectivity index (χ0v) is 13.4. The summed E-state index contributed by atoms with van der Waals surface area (Å²) in [5, 5.41) is 10.4. The van der Waals surface area contributed by atoms with Gasteiger partial charge in [-0.05, 0) is 26.3 Å². The Morgan fingerprint density at radius 1 is 1.48 bits per heavy atom. The van der Waals surface area contributed by atoms with E-state index in [0.717, 1.165) is 0 Å². The summed E-state index contributed by atoms with van der Waals surface area (Å²) < 4.78 is 5.27. The largest absolute Gasteiger partial charge is 0.444 e. The minimum atomic E-state index is -0.783. The molecule has 1 aromatic rings. The molecule has 122 valence electrons. The zero-order valence-electron chi connectivity index (χ0n) is 13.4. The van der Waals surface area contributed by atoms with Crippen molar-refractivity contribution in [1.82, 2.24) is 4.90 Å². The van der Waals surface area contributed by atoms with Crippen LogP contribution in [0, 0.1) is 12.5 Å². The van der Waals surface area contributed by atoms with Crippen molar-refractivity contribution in [3.05, 3.63) is 40.7 Å². The number of nitrogens with zero attached hydrogens (tertiary/aromatic N) is 2. The van der Waals surface area contributed by atoms with Crippen LogP contribution in [-0.2, 0) is 4.74 Å². The predicted octanol–water partition coefficient (Wildman–Crippen LogP) is 2.95. The summed E-state index contributed by atoms with van der Waals surface area (Å²) in [7, 11) is 0. The van der Waals surface area contributed by atoms with Crippen molar-refractivity contribution in [2.75, 3.05) is 13.1 Å². The van der Waals surface area contributed by atoms with E-state index < -0.39 is 11.7 Å². The van der Waals surface area contributed by atoms with Gasteiger partial charge in [-0.25, -0.2) is 9.64 Å². The van der Waals surface area contributed by atoms with Gasteiger partial charge >= 0.3 is 6.09 Å². The van der Waals surface area contributed by atoms with E-state index in [1.165, 1.54) is 17.0 Å². The molecule has 6 heteroatoms. The van der Waals surface area contributed by atoms with Crippen molar-refractivity contribution in [1.29, 1.82) is 0 Å². The number of aldehydes is 1. The molecule has 1 heterocycles. The normalized spacial score (nSPS) is 16.2. The van der Waals surface area contributed by atoms with E-state index in [4.69, 9.17) is 11.3 Å². The molecule has 1 aliphatic rings. The van der Waals surface area contributed by atoms with Gasteiger partial charge in [0.15, 0.2) is 5.69 Å². The van der Waals surface area contributed by atoms with Crippen molar-refractivity contribution in [3.63, 3.8) is 0 Å². The number of benzene rings is 1. The summed E-state index contributed by atoms with van der Waals surface area (Å²) in [6.45, 7) is 13.3. The Balaban J connectivity index is 1.99. The average Bonchev–Trinajstić information content (AvgIpc) is 2.42. The van der Waals surface area contributed by atoms with E-state index in [9.17, 15) is 14.7 Å². The van der Waals surface area contributed by atoms with Gasteiger partial charge in [0.2, 0.25) is 0 Å². The fourth-order valence-electron chi connectivity index (χ4n) is 2.40. The second kappa shape index (κ2) is 6.39. The number of ether oxygens (including phenoxy) is 1. The molecule has 0 aromatic heterocycles. The number of rotatable bonds is 3. The summed E-state index contributed by atoms with van der Waals surface area (Å²) in [6, 6.07) is 4.69. The number of likely N-dealkylation sites (tertiary alicyclic amines) is 1. The average molecular weight is 316 g/mol. The first-order valence-corrected chi connectivity index (χ1v) is 7.37. The van der Waals surface area contributed by atoms with E-state index in [2.05, 4.69) is 4.85 Å². The van der Waals surface area contributed by atoms with Crippen LogP contribution in [0.4, 0.5) is 10.5 Å². The van der Waals surface area contributed by atoms with E-state index >= 15 is 0 Å². The van der Waals surface area contributed by atoms with Gasteiger partial charge in [-0.1, -0.05) is 18.2 Å². The molecule has 2 rings (SSSR count). The van der Waals surface area contributed by atoms with E-state index in [1.54, 1.807) is 26.8 Å². The molecule has 1 unspecified atom stereocenters. The molecule has 0 spiro atoms. The second-order valence-electron chi connectivity index (χ2n) is 6.64. The molecular formula is C17H20N2O4. The number of carbonyl (C=O) groups is 2. The highest BCUT2D eigenvalue weighted by Crippen LogP contribution is 2.33. The summed E-state index contributed by atoms with van der Waals surface area (Å²) in [5.41, 5.74) is 0.561. The van der Waals surface area contributed by atoms with E-state index in [0.29, 0.717) is 30.5 Å². The van der Waals surface area contributed by atoms with E-state index in [-0.39, 0.29) is 17.7 Å². The fourth-order valence-corrected chi connectivity index (χ4v) is 2.40. The molecule has 1 aromatic carbocycles. The van der Waals surface area contributed by atoms with Crippen LogP contribution in [0.25, 0.3) is 4.85 Å². The Hall–Kier alpha value is -2.39. The van der Waals surface area contributed by atoms with Gasteiger partial charge in [0.25, 0.3) is 0 Å². The Kier molecular flexibility index (Phi) is 4.71. The van der Waals surface area contributed by atoms with Crippen LogP contribution < -0.4 is 0 Å². The predicted molar refractivity (Wildman–Crippen MR) is 84.3 cm³/mol. The quantitative estimate of drug-likeness (QED) is 0.687. The van der Waals surface area contributed by atoms with Gasteiger partial charge < -0.3 is 14.7 Å². The molecule has 1 amide bonds. The van der Waals surface area contributed by atoms with Gasteiger partial charge in [-0.2, -0.15) is 0 Å². The van der Waals surface area contributed by atoms with Gasteiger partial charge in [0.1, 0.15) is 11.9 Å².